The first kappa shape index (κ1) is 36.6. The smallest absolute Gasteiger partial charge is 0.164 e. The molecule has 0 N–H and O–H groups in total. The van der Waals surface area contributed by atoms with Gasteiger partial charge in [-0.3, -0.25) is 0 Å². The van der Waals surface area contributed by atoms with Crippen LogP contribution in [0.15, 0.2) is 161 Å². The highest BCUT2D eigenvalue weighted by Gasteiger charge is 2.63. The molecule has 4 bridgehead atoms. The van der Waals surface area contributed by atoms with E-state index in [0.29, 0.717) is 23.5 Å². The maximum absolute atomic E-state index is 5.37. The molecule has 1 aliphatic heterocycles. The lowest BCUT2D eigenvalue weighted by Gasteiger charge is -2.61. The van der Waals surface area contributed by atoms with Gasteiger partial charge in [0.1, 0.15) is 0 Å². The number of aromatic nitrogens is 3. The fourth-order valence-corrected chi connectivity index (χ4v) is 16.3. The van der Waals surface area contributed by atoms with Gasteiger partial charge in [0.15, 0.2) is 17.5 Å². The number of hydrogen-bond donors (Lipinski definition) is 0. The van der Waals surface area contributed by atoms with E-state index in [4.69, 9.17) is 15.0 Å². The number of benzene rings is 7. The summed E-state index contributed by atoms with van der Waals surface area (Å²) in [6.07, 6.45) is 6.79. The van der Waals surface area contributed by atoms with Crippen LogP contribution >= 0.6 is 23.1 Å². The number of nitrogens with zero attached hydrogens (tertiary/aromatic N) is 3. The Morgan fingerprint density at radius 3 is 1.87 bits per heavy atom. The minimum atomic E-state index is -0.0709. The zero-order chi connectivity index (χ0) is 41.6. The lowest BCUT2D eigenvalue weighted by molar-refractivity contribution is -0.0410. The Bertz CT molecular complexity index is 3330. The highest BCUT2D eigenvalue weighted by atomic mass is 32.2. The monoisotopic (exact) mass is 847 g/mol. The van der Waals surface area contributed by atoms with Gasteiger partial charge >= 0.3 is 0 Å². The molecule has 9 aromatic rings. The molecule has 0 atom stereocenters. The van der Waals surface area contributed by atoms with E-state index in [2.05, 4.69) is 166 Å². The van der Waals surface area contributed by atoms with E-state index in [1.54, 1.807) is 5.56 Å². The Morgan fingerprint density at radius 1 is 0.476 bits per heavy atom. The maximum atomic E-state index is 5.37. The van der Waals surface area contributed by atoms with E-state index in [0.717, 1.165) is 34.4 Å². The van der Waals surface area contributed by atoms with Crippen molar-refractivity contribution in [2.75, 3.05) is 0 Å². The van der Waals surface area contributed by atoms with Crippen LogP contribution in [0.5, 0.6) is 0 Å². The van der Waals surface area contributed by atoms with Crippen LogP contribution in [0.2, 0.25) is 0 Å². The summed E-state index contributed by atoms with van der Waals surface area (Å²) in [4.78, 5) is 18.8. The molecule has 304 valence electrons. The molecule has 1 spiro atoms. The molecule has 0 radical (unpaired) electrons. The van der Waals surface area contributed by atoms with Crippen molar-refractivity contribution in [3.63, 3.8) is 0 Å². The third-order valence-electron chi connectivity index (χ3n) is 16.0. The summed E-state index contributed by atoms with van der Waals surface area (Å²) >= 11 is 3.92. The van der Waals surface area contributed by atoms with Crippen molar-refractivity contribution in [1.29, 1.82) is 0 Å². The Balaban J connectivity index is 0.925. The van der Waals surface area contributed by atoms with Crippen LogP contribution in [0.25, 0.3) is 76.6 Å². The Kier molecular flexibility index (Phi) is 7.74. The van der Waals surface area contributed by atoms with Gasteiger partial charge in [0.05, 0.1) is 0 Å². The van der Waals surface area contributed by atoms with Crippen molar-refractivity contribution in [3.05, 3.63) is 174 Å². The van der Waals surface area contributed by atoms with Crippen molar-refractivity contribution >= 4 is 43.3 Å². The molecule has 3 heterocycles. The Labute approximate surface area is 376 Å². The van der Waals surface area contributed by atoms with Crippen LogP contribution in [0.1, 0.15) is 68.2 Å². The standard InChI is InChI=1S/C58H45N3S2/c1-57(2)46-16-7-9-18-50(46)63-53-47(57)26-25-44-42-24-23-38(32-48(42)58(51(44)53)39-28-33-27-34(30-39)31-40(58)29-33)56-60-54(36-11-4-3-5-12-36)59-55(61-56)37-21-19-35(20-22-37)41-14-10-15-45-43-13-6-8-17-49(43)62-52(41)45/h3-26,32-34,39-40H,27-31H2,1-2H3. The molecule has 0 unspecified atom stereocenters. The van der Waals surface area contributed by atoms with Crippen LogP contribution in [-0.2, 0) is 10.8 Å². The average Bonchev–Trinajstić information content (AvgIpc) is 3.85. The molecule has 5 aliphatic carbocycles. The van der Waals surface area contributed by atoms with Crippen molar-refractivity contribution in [2.45, 2.75) is 66.6 Å². The summed E-state index contributed by atoms with van der Waals surface area (Å²) in [5, 5.41) is 2.63. The van der Waals surface area contributed by atoms with Gasteiger partial charge in [-0.25, -0.2) is 15.0 Å². The first-order valence-corrected chi connectivity index (χ1v) is 24.5. The summed E-state index contributed by atoms with van der Waals surface area (Å²) < 4.78 is 2.64. The minimum absolute atomic E-state index is 0.0139. The van der Waals surface area contributed by atoms with Gasteiger partial charge in [0.2, 0.25) is 0 Å². The van der Waals surface area contributed by atoms with Crippen LogP contribution in [0.3, 0.4) is 0 Å². The van der Waals surface area contributed by atoms with Gasteiger partial charge in [0, 0.05) is 57.5 Å². The molecule has 3 nitrogen and oxygen atoms in total. The van der Waals surface area contributed by atoms with Crippen molar-refractivity contribution in [2.24, 2.45) is 23.7 Å². The first-order valence-electron chi connectivity index (χ1n) is 22.8. The van der Waals surface area contributed by atoms with E-state index in [1.165, 1.54) is 101 Å². The molecule has 4 saturated carbocycles. The summed E-state index contributed by atoms with van der Waals surface area (Å²) in [7, 11) is 0. The number of fused-ring (bicyclic) bond motifs is 9. The second-order valence-electron chi connectivity index (χ2n) is 19.6. The quantitative estimate of drug-likeness (QED) is 0.177. The molecule has 0 saturated heterocycles. The molecule has 63 heavy (non-hydrogen) atoms. The maximum Gasteiger partial charge on any atom is 0.164 e. The number of rotatable bonds is 4. The molecular weight excluding hydrogens is 803 g/mol. The molecule has 6 aliphatic rings. The van der Waals surface area contributed by atoms with Gasteiger partial charge in [-0.05, 0) is 118 Å². The zero-order valence-electron chi connectivity index (χ0n) is 35.4. The topological polar surface area (TPSA) is 38.7 Å². The van der Waals surface area contributed by atoms with Crippen molar-refractivity contribution < 1.29 is 0 Å². The van der Waals surface area contributed by atoms with E-state index >= 15 is 0 Å². The average molecular weight is 848 g/mol. The molecule has 2 aromatic heterocycles. The lowest BCUT2D eigenvalue weighted by atomic mass is 9.43. The third-order valence-corrected chi connectivity index (χ3v) is 18.4. The fourth-order valence-electron chi connectivity index (χ4n) is 13.4. The Hall–Kier alpha value is -5.88. The van der Waals surface area contributed by atoms with Crippen LogP contribution in [0.4, 0.5) is 0 Å². The number of thiophene rings is 1. The van der Waals surface area contributed by atoms with E-state index in [-0.39, 0.29) is 10.8 Å². The molecule has 7 aromatic carbocycles. The predicted molar refractivity (Wildman–Crippen MR) is 260 cm³/mol. The summed E-state index contributed by atoms with van der Waals surface area (Å²) in [5.41, 5.74) is 14.4. The fraction of sp³-hybridized carbons (Fsp3) is 0.224. The summed E-state index contributed by atoms with van der Waals surface area (Å²) in [6.45, 7) is 4.89. The van der Waals surface area contributed by atoms with Crippen molar-refractivity contribution in [1.82, 2.24) is 15.0 Å². The summed E-state index contributed by atoms with van der Waals surface area (Å²) in [5.74, 6) is 5.15. The molecule has 4 fully saturated rings. The largest absolute Gasteiger partial charge is 0.208 e. The molecule has 15 rings (SSSR count). The van der Waals surface area contributed by atoms with Gasteiger partial charge in [-0.2, -0.15) is 0 Å². The lowest BCUT2D eigenvalue weighted by Crippen LogP contribution is -2.55. The van der Waals surface area contributed by atoms with E-state index < -0.39 is 0 Å². The second kappa shape index (κ2) is 13.3. The second-order valence-corrected chi connectivity index (χ2v) is 21.7. The highest BCUT2D eigenvalue weighted by molar-refractivity contribution is 7.99. The van der Waals surface area contributed by atoms with Crippen molar-refractivity contribution in [3.8, 4) is 56.4 Å². The van der Waals surface area contributed by atoms with Crippen LogP contribution < -0.4 is 0 Å². The van der Waals surface area contributed by atoms with E-state index in [1.807, 2.05) is 23.1 Å². The van der Waals surface area contributed by atoms with Gasteiger partial charge in [-0.1, -0.05) is 159 Å². The van der Waals surface area contributed by atoms with Gasteiger partial charge in [-0.15, -0.1) is 11.3 Å². The van der Waals surface area contributed by atoms with Gasteiger partial charge < -0.3 is 0 Å². The van der Waals surface area contributed by atoms with E-state index in [9.17, 15) is 0 Å². The third kappa shape index (κ3) is 5.18. The normalized spacial score (nSPS) is 23.2. The number of hydrogen-bond acceptors (Lipinski definition) is 5. The summed E-state index contributed by atoms with van der Waals surface area (Å²) in [6, 6.07) is 56.1. The minimum Gasteiger partial charge on any atom is -0.208 e. The van der Waals surface area contributed by atoms with Crippen LogP contribution in [0, 0.1) is 23.7 Å². The molecule has 5 heteroatoms. The molecule has 0 amide bonds. The zero-order valence-corrected chi connectivity index (χ0v) is 37.1. The first-order chi connectivity index (χ1) is 30.9. The molecular formula is C58H45N3S2. The Morgan fingerprint density at radius 2 is 1.10 bits per heavy atom. The van der Waals surface area contributed by atoms with Crippen LogP contribution in [-0.4, -0.2) is 15.0 Å². The predicted octanol–water partition coefficient (Wildman–Crippen LogP) is 15.4. The highest BCUT2D eigenvalue weighted by Crippen LogP contribution is 2.72. The SMILES string of the molecule is CC1(C)c2ccccc2Sc2c1ccc1c2C2(c3cc(-c4nc(-c5ccccc5)nc(-c5ccc(-c6cccc7c6sc6ccccc67)cc5)n4)ccc3-1)C1CC3CC(C1)CC2C3. The van der Waals surface area contributed by atoms with Gasteiger partial charge in [0.25, 0.3) is 0 Å².